The van der Waals surface area contributed by atoms with Crippen molar-refractivity contribution in [3.8, 4) is 0 Å². The van der Waals surface area contributed by atoms with Gasteiger partial charge in [0.25, 0.3) is 0 Å². The first kappa shape index (κ1) is 12.9. The van der Waals surface area contributed by atoms with Crippen LogP contribution < -0.4 is 4.90 Å². The van der Waals surface area contributed by atoms with Crippen molar-refractivity contribution in [2.75, 3.05) is 18.0 Å². The molecule has 0 amide bonds. The third-order valence-electron chi connectivity index (χ3n) is 4.84. The van der Waals surface area contributed by atoms with E-state index in [0.29, 0.717) is 6.04 Å². The number of rotatable bonds is 2. The van der Waals surface area contributed by atoms with Crippen molar-refractivity contribution in [1.29, 1.82) is 0 Å². The predicted octanol–water partition coefficient (Wildman–Crippen LogP) is 2.92. The van der Waals surface area contributed by atoms with Gasteiger partial charge in [-0.15, -0.1) is 0 Å². The molecule has 0 spiro atoms. The average Bonchev–Trinajstić information content (AvgIpc) is 3.14. The Hall–Kier alpha value is -1.84. The molecule has 1 unspecified atom stereocenters. The summed E-state index contributed by atoms with van der Waals surface area (Å²) in [6, 6.07) is 4.80. The zero-order chi connectivity index (χ0) is 14.2. The summed E-state index contributed by atoms with van der Waals surface area (Å²) in [5.41, 5.74) is 4.11. The van der Waals surface area contributed by atoms with Crippen LogP contribution in [0.3, 0.4) is 0 Å². The average molecular weight is 282 g/mol. The smallest absolute Gasteiger partial charge is 0.128 e. The van der Waals surface area contributed by atoms with Crippen molar-refractivity contribution in [2.45, 2.75) is 45.1 Å². The topological polar surface area (TPSA) is 34.0 Å². The van der Waals surface area contributed by atoms with E-state index in [0.717, 1.165) is 25.3 Å². The lowest BCUT2D eigenvalue weighted by atomic mass is 10.0. The second-order valence-corrected chi connectivity index (χ2v) is 6.33. The second kappa shape index (κ2) is 5.17. The minimum atomic E-state index is 0.557. The molecule has 1 saturated heterocycles. The SMILES string of the molecule is Cc1ccnc(N2CCC(n3cnc4c3CCCC4)C2)c1. The van der Waals surface area contributed by atoms with Crippen LogP contribution in [0, 0.1) is 6.92 Å². The van der Waals surface area contributed by atoms with E-state index in [1.54, 1.807) is 0 Å². The van der Waals surface area contributed by atoms with E-state index in [2.05, 4.69) is 44.8 Å². The summed E-state index contributed by atoms with van der Waals surface area (Å²) in [5, 5.41) is 0. The van der Waals surface area contributed by atoms with Crippen LogP contribution in [0.1, 0.15) is 42.3 Å². The van der Waals surface area contributed by atoms with Crippen LogP contribution in [0.15, 0.2) is 24.7 Å². The highest BCUT2D eigenvalue weighted by atomic mass is 15.2. The summed E-state index contributed by atoms with van der Waals surface area (Å²) in [7, 11) is 0. The highest BCUT2D eigenvalue weighted by molar-refractivity contribution is 5.42. The summed E-state index contributed by atoms with van der Waals surface area (Å²) >= 11 is 0. The number of imidazole rings is 1. The molecule has 2 aromatic rings. The van der Waals surface area contributed by atoms with E-state index in [1.807, 2.05) is 6.20 Å². The lowest BCUT2D eigenvalue weighted by Crippen LogP contribution is -2.22. The molecule has 4 nitrogen and oxygen atoms in total. The number of aryl methyl sites for hydroxylation is 2. The number of aromatic nitrogens is 3. The van der Waals surface area contributed by atoms with Crippen LogP contribution in [0.2, 0.25) is 0 Å². The van der Waals surface area contributed by atoms with E-state index < -0.39 is 0 Å². The summed E-state index contributed by atoms with van der Waals surface area (Å²) in [6.07, 6.45) is 10.2. The van der Waals surface area contributed by atoms with Gasteiger partial charge in [-0.05, 0) is 56.7 Å². The number of fused-ring (bicyclic) bond motifs is 1. The van der Waals surface area contributed by atoms with Crippen LogP contribution in [-0.4, -0.2) is 27.6 Å². The van der Waals surface area contributed by atoms with Crippen molar-refractivity contribution in [3.05, 3.63) is 41.6 Å². The highest BCUT2D eigenvalue weighted by Crippen LogP contribution is 2.30. The molecule has 3 heterocycles. The third-order valence-corrected chi connectivity index (χ3v) is 4.84. The van der Waals surface area contributed by atoms with Gasteiger partial charge in [0.05, 0.1) is 18.1 Å². The molecule has 1 atom stereocenters. The van der Waals surface area contributed by atoms with Crippen molar-refractivity contribution in [3.63, 3.8) is 0 Å². The molecule has 1 fully saturated rings. The molecule has 0 bridgehead atoms. The minimum absolute atomic E-state index is 0.557. The van der Waals surface area contributed by atoms with Gasteiger partial charge in [-0.3, -0.25) is 0 Å². The van der Waals surface area contributed by atoms with Gasteiger partial charge >= 0.3 is 0 Å². The quantitative estimate of drug-likeness (QED) is 0.849. The number of pyridine rings is 1. The van der Waals surface area contributed by atoms with Crippen LogP contribution in [0.25, 0.3) is 0 Å². The number of hydrogen-bond acceptors (Lipinski definition) is 3. The van der Waals surface area contributed by atoms with Crippen LogP contribution in [-0.2, 0) is 12.8 Å². The van der Waals surface area contributed by atoms with Crippen LogP contribution >= 0.6 is 0 Å². The number of nitrogens with zero attached hydrogens (tertiary/aromatic N) is 4. The first-order valence-corrected chi connectivity index (χ1v) is 8.03. The summed E-state index contributed by atoms with van der Waals surface area (Å²) in [4.78, 5) is 11.6. The number of anilines is 1. The van der Waals surface area contributed by atoms with Crippen molar-refractivity contribution in [2.24, 2.45) is 0 Å². The molecule has 4 heteroatoms. The van der Waals surface area contributed by atoms with Crippen molar-refractivity contribution < 1.29 is 0 Å². The Kier molecular flexibility index (Phi) is 3.17. The molecule has 1 aliphatic carbocycles. The molecule has 1 aliphatic heterocycles. The maximum Gasteiger partial charge on any atom is 0.128 e. The van der Waals surface area contributed by atoms with Gasteiger partial charge in [-0.2, -0.15) is 0 Å². The van der Waals surface area contributed by atoms with Gasteiger partial charge in [-0.1, -0.05) is 0 Å². The minimum Gasteiger partial charge on any atom is -0.354 e. The van der Waals surface area contributed by atoms with Gasteiger partial charge in [0.2, 0.25) is 0 Å². The van der Waals surface area contributed by atoms with Crippen molar-refractivity contribution in [1.82, 2.24) is 14.5 Å². The number of hydrogen-bond donors (Lipinski definition) is 0. The fourth-order valence-electron chi connectivity index (χ4n) is 3.68. The molecule has 110 valence electrons. The Morgan fingerprint density at radius 3 is 3.00 bits per heavy atom. The zero-order valence-electron chi connectivity index (χ0n) is 12.6. The van der Waals surface area contributed by atoms with Crippen LogP contribution in [0.5, 0.6) is 0 Å². The Morgan fingerprint density at radius 2 is 2.10 bits per heavy atom. The molecule has 2 aliphatic rings. The first-order valence-electron chi connectivity index (χ1n) is 8.03. The van der Waals surface area contributed by atoms with Gasteiger partial charge in [0.1, 0.15) is 5.82 Å². The van der Waals surface area contributed by atoms with E-state index in [-0.39, 0.29) is 0 Å². The second-order valence-electron chi connectivity index (χ2n) is 6.33. The Labute approximate surface area is 125 Å². The molecule has 0 aromatic carbocycles. The summed E-state index contributed by atoms with van der Waals surface area (Å²) < 4.78 is 2.45. The van der Waals surface area contributed by atoms with E-state index in [1.165, 1.54) is 42.6 Å². The molecular weight excluding hydrogens is 260 g/mol. The van der Waals surface area contributed by atoms with E-state index >= 15 is 0 Å². The van der Waals surface area contributed by atoms with Gasteiger partial charge < -0.3 is 9.47 Å². The molecule has 0 radical (unpaired) electrons. The largest absolute Gasteiger partial charge is 0.354 e. The van der Waals surface area contributed by atoms with Crippen LogP contribution in [0.4, 0.5) is 5.82 Å². The molecule has 0 saturated carbocycles. The maximum absolute atomic E-state index is 4.64. The van der Waals surface area contributed by atoms with Gasteiger partial charge in [-0.25, -0.2) is 9.97 Å². The molecule has 4 rings (SSSR count). The van der Waals surface area contributed by atoms with E-state index in [4.69, 9.17) is 0 Å². The lowest BCUT2D eigenvalue weighted by Gasteiger charge is -2.21. The Morgan fingerprint density at radius 1 is 1.19 bits per heavy atom. The fraction of sp³-hybridized carbons (Fsp3) is 0.529. The van der Waals surface area contributed by atoms with E-state index in [9.17, 15) is 0 Å². The molecule has 2 aromatic heterocycles. The Balaban J connectivity index is 1.55. The Bertz CT molecular complexity index is 646. The van der Waals surface area contributed by atoms with Gasteiger partial charge in [0.15, 0.2) is 0 Å². The highest BCUT2D eigenvalue weighted by Gasteiger charge is 2.27. The summed E-state index contributed by atoms with van der Waals surface area (Å²) in [5.74, 6) is 1.12. The molecule has 0 N–H and O–H groups in total. The fourth-order valence-corrected chi connectivity index (χ4v) is 3.68. The zero-order valence-corrected chi connectivity index (χ0v) is 12.6. The monoisotopic (exact) mass is 282 g/mol. The van der Waals surface area contributed by atoms with Crippen molar-refractivity contribution >= 4 is 5.82 Å². The normalized spacial score (nSPS) is 21.6. The third kappa shape index (κ3) is 2.33. The lowest BCUT2D eigenvalue weighted by molar-refractivity contribution is 0.515. The van der Waals surface area contributed by atoms with Gasteiger partial charge in [0, 0.05) is 25.0 Å². The molecular formula is C17H22N4. The molecule has 21 heavy (non-hydrogen) atoms. The standard InChI is InChI=1S/C17H22N4/c1-13-6-8-18-17(10-13)20-9-7-14(11-20)21-12-19-15-4-2-3-5-16(15)21/h6,8,10,12,14H,2-5,7,9,11H2,1H3. The predicted molar refractivity (Wildman–Crippen MR) is 83.7 cm³/mol. The maximum atomic E-state index is 4.64. The first-order chi connectivity index (χ1) is 10.3. The summed E-state index contributed by atoms with van der Waals surface area (Å²) in [6.45, 7) is 4.28.